The first-order valence-electron chi connectivity index (χ1n) is 11.3. The molecule has 0 saturated heterocycles. The number of aliphatic hydroxyl groups excluding tert-OH is 2. The third-order valence-corrected chi connectivity index (χ3v) is 7.60. The number of H-pyrrole nitrogens is 1. The Kier molecular flexibility index (Phi) is 7.17. The van der Waals surface area contributed by atoms with E-state index >= 15 is 0 Å². The van der Waals surface area contributed by atoms with Crippen LogP contribution in [0.3, 0.4) is 0 Å². The molecule has 1 aliphatic rings. The first-order valence-corrected chi connectivity index (χ1v) is 12.1. The van der Waals surface area contributed by atoms with Crippen LogP contribution in [0, 0.1) is 17.3 Å². The van der Waals surface area contributed by atoms with Crippen LogP contribution in [0.15, 0.2) is 54.6 Å². The second-order valence-electron chi connectivity index (χ2n) is 9.20. The molecule has 2 heterocycles. The lowest BCUT2D eigenvalue weighted by atomic mass is 9.86. The van der Waals surface area contributed by atoms with Crippen molar-refractivity contribution in [1.82, 2.24) is 20.6 Å². The van der Waals surface area contributed by atoms with E-state index in [-0.39, 0.29) is 17.6 Å². The first kappa shape index (κ1) is 23.5. The highest BCUT2D eigenvalue weighted by atomic mass is 32.1. The Morgan fingerprint density at radius 3 is 2.85 bits per heavy atom. The van der Waals surface area contributed by atoms with Crippen molar-refractivity contribution in [3.63, 3.8) is 0 Å². The molecule has 0 amide bonds. The number of aromatic amines is 1. The molecule has 33 heavy (non-hydrogen) atoms. The van der Waals surface area contributed by atoms with E-state index < -0.39 is 17.6 Å². The van der Waals surface area contributed by atoms with Crippen molar-refractivity contribution in [2.24, 2.45) is 17.3 Å². The number of hydrogen-bond acceptors (Lipinski definition) is 7. The standard InChI is InChI=1S/C25H30N4O3S/c1-25(2)23(31)19(9-4-3-5-11-22-26-28-29-27-22)20(24(25)32)13-12-17(30)15-18-14-16-8-6-7-10-21(16)33-18/h3-4,6-8,10,12-14,17,19-20,24,30,32H,5,9,11,15H2,1-2H3,(H,26,27,28,29)/b4-3+,13-12+/t17?,19-,20-,24+/m1/s1. The molecule has 0 aliphatic heterocycles. The summed E-state index contributed by atoms with van der Waals surface area (Å²) in [6.07, 6.45) is 8.61. The minimum Gasteiger partial charge on any atom is -0.391 e. The summed E-state index contributed by atoms with van der Waals surface area (Å²) in [7, 11) is 0. The topological polar surface area (TPSA) is 112 Å². The second-order valence-corrected chi connectivity index (χ2v) is 10.4. The summed E-state index contributed by atoms with van der Waals surface area (Å²) in [5.41, 5.74) is -0.811. The molecular weight excluding hydrogens is 436 g/mol. The summed E-state index contributed by atoms with van der Waals surface area (Å²) in [6, 6.07) is 10.3. The van der Waals surface area contributed by atoms with Crippen molar-refractivity contribution < 1.29 is 15.0 Å². The molecule has 7 nitrogen and oxygen atoms in total. The lowest BCUT2D eigenvalue weighted by Crippen LogP contribution is -2.31. The van der Waals surface area contributed by atoms with Crippen LogP contribution in [0.5, 0.6) is 0 Å². The van der Waals surface area contributed by atoms with Crippen LogP contribution >= 0.6 is 11.3 Å². The van der Waals surface area contributed by atoms with Crippen LogP contribution in [-0.2, 0) is 17.6 Å². The Hall–Kier alpha value is -2.68. The molecular formula is C25H30N4O3S. The van der Waals surface area contributed by atoms with Gasteiger partial charge in [-0.2, -0.15) is 5.21 Å². The number of aromatic nitrogens is 4. The predicted octanol–water partition coefficient (Wildman–Crippen LogP) is 3.66. The van der Waals surface area contributed by atoms with Gasteiger partial charge in [0.05, 0.1) is 17.6 Å². The molecule has 174 valence electrons. The SMILES string of the molecule is CC1(C)C(=O)[C@H](C/C=C/CCc2nn[nH]n2)[C@@H](/C=C/C(O)Cc2cc3ccccc3s2)[C@@H]1O. The van der Waals surface area contributed by atoms with Crippen molar-refractivity contribution in [3.8, 4) is 0 Å². The summed E-state index contributed by atoms with van der Waals surface area (Å²) in [5.74, 6) is 0.0728. The van der Waals surface area contributed by atoms with Crippen molar-refractivity contribution in [2.45, 2.75) is 51.7 Å². The number of aliphatic hydroxyl groups is 2. The van der Waals surface area contributed by atoms with Gasteiger partial charge in [0.2, 0.25) is 0 Å². The summed E-state index contributed by atoms with van der Waals surface area (Å²) in [6.45, 7) is 3.60. The average molecular weight is 467 g/mol. The summed E-state index contributed by atoms with van der Waals surface area (Å²) in [5, 5.41) is 36.5. The number of rotatable bonds is 9. The Balaban J connectivity index is 1.39. The van der Waals surface area contributed by atoms with Crippen LogP contribution in [-0.4, -0.2) is 48.8 Å². The van der Waals surface area contributed by atoms with Gasteiger partial charge in [-0.25, -0.2) is 0 Å². The number of hydrogen-bond donors (Lipinski definition) is 3. The third kappa shape index (κ3) is 5.29. The molecule has 1 saturated carbocycles. The number of aryl methyl sites for hydroxylation is 1. The van der Waals surface area contributed by atoms with E-state index in [1.807, 2.05) is 30.4 Å². The van der Waals surface area contributed by atoms with E-state index in [1.54, 1.807) is 31.3 Å². The summed E-state index contributed by atoms with van der Waals surface area (Å²) in [4.78, 5) is 14.1. The van der Waals surface area contributed by atoms with E-state index in [0.717, 1.165) is 11.3 Å². The van der Waals surface area contributed by atoms with Crippen molar-refractivity contribution >= 4 is 27.2 Å². The van der Waals surface area contributed by atoms with E-state index in [0.29, 0.717) is 25.1 Å². The molecule has 0 radical (unpaired) electrons. The van der Waals surface area contributed by atoms with E-state index in [2.05, 4.69) is 38.8 Å². The molecule has 1 aromatic carbocycles. The fraction of sp³-hybridized carbons (Fsp3) is 0.440. The van der Waals surface area contributed by atoms with Crippen LogP contribution in [0.25, 0.3) is 10.1 Å². The maximum absolute atomic E-state index is 13.0. The fourth-order valence-corrected chi connectivity index (χ4v) is 5.65. The normalized spacial score (nSPS) is 23.9. The zero-order valence-electron chi connectivity index (χ0n) is 18.9. The maximum atomic E-state index is 13.0. The number of ketones is 1. The predicted molar refractivity (Wildman–Crippen MR) is 129 cm³/mol. The minimum atomic E-state index is -0.811. The lowest BCUT2D eigenvalue weighted by molar-refractivity contribution is -0.129. The van der Waals surface area contributed by atoms with Gasteiger partial charge in [-0.05, 0) is 30.4 Å². The van der Waals surface area contributed by atoms with Crippen LogP contribution in [0.1, 0.15) is 37.4 Å². The molecule has 8 heteroatoms. The molecule has 1 unspecified atom stereocenters. The molecule has 3 N–H and O–H groups in total. The monoisotopic (exact) mass is 466 g/mol. The van der Waals surface area contributed by atoms with Crippen molar-refractivity contribution in [1.29, 1.82) is 0 Å². The molecule has 0 spiro atoms. The van der Waals surface area contributed by atoms with Gasteiger partial charge in [-0.3, -0.25) is 4.79 Å². The van der Waals surface area contributed by atoms with Crippen molar-refractivity contribution in [2.75, 3.05) is 0 Å². The maximum Gasteiger partial charge on any atom is 0.174 e. The zero-order chi connectivity index (χ0) is 23.4. The van der Waals surface area contributed by atoms with Gasteiger partial charge in [0.25, 0.3) is 0 Å². The number of Topliss-reactive ketones (excluding diaryl/α,β-unsaturated/α-hetero) is 1. The average Bonchev–Trinajstić information content (AvgIpc) is 3.48. The Morgan fingerprint density at radius 2 is 2.09 bits per heavy atom. The Labute approximate surface area is 197 Å². The molecule has 1 fully saturated rings. The van der Waals surface area contributed by atoms with Crippen LogP contribution in [0.4, 0.5) is 0 Å². The van der Waals surface area contributed by atoms with Gasteiger partial charge in [0.15, 0.2) is 5.82 Å². The van der Waals surface area contributed by atoms with Gasteiger partial charge in [-0.15, -0.1) is 21.5 Å². The largest absolute Gasteiger partial charge is 0.391 e. The molecule has 2 aromatic heterocycles. The van der Waals surface area contributed by atoms with Gasteiger partial charge in [0, 0.05) is 34.3 Å². The van der Waals surface area contributed by atoms with Gasteiger partial charge >= 0.3 is 0 Å². The molecule has 4 rings (SSSR count). The Bertz CT molecular complexity index is 1100. The number of benzene rings is 1. The first-order chi connectivity index (χ1) is 15.9. The highest BCUT2D eigenvalue weighted by molar-refractivity contribution is 7.19. The molecule has 4 atom stereocenters. The third-order valence-electron chi connectivity index (χ3n) is 6.46. The molecule has 0 bridgehead atoms. The van der Waals surface area contributed by atoms with Gasteiger partial charge in [-0.1, -0.05) is 61.6 Å². The number of allylic oxidation sites excluding steroid dienone is 2. The number of tetrazole rings is 1. The number of thiophene rings is 1. The molecule has 1 aliphatic carbocycles. The fourth-order valence-electron chi connectivity index (χ4n) is 4.53. The summed E-state index contributed by atoms with van der Waals surface area (Å²) < 4.78 is 1.20. The quantitative estimate of drug-likeness (QED) is 0.415. The minimum absolute atomic E-state index is 0.0615. The highest BCUT2D eigenvalue weighted by Gasteiger charge is 2.52. The van der Waals surface area contributed by atoms with Crippen LogP contribution in [0.2, 0.25) is 0 Å². The van der Waals surface area contributed by atoms with Crippen LogP contribution < -0.4 is 0 Å². The zero-order valence-corrected chi connectivity index (χ0v) is 19.7. The number of nitrogens with one attached hydrogen (secondary N) is 1. The van der Waals surface area contributed by atoms with E-state index in [9.17, 15) is 15.0 Å². The Morgan fingerprint density at radius 1 is 1.27 bits per heavy atom. The number of carbonyl (C=O) groups is 1. The number of nitrogens with zero attached hydrogens (tertiary/aromatic N) is 3. The molecule has 3 aromatic rings. The lowest BCUT2D eigenvalue weighted by Gasteiger charge is -2.22. The van der Waals surface area contributed by atoms with E-state index in [1.165, 1.54) is 10.1 Å². The highest BCUT2D eigenvalue weighted by Crippen LogP contribution is 2.44. The van der Waals surface area contributed by atoms with Gasteiger partial charge < -0.3 is 10.2 Å². The van der Waals surface area contributed by atoms with E-state index in [4.69, 9.17) is 0 Å². The van der Waals surface area contributed by atoms with Crippen molar-refractivity contribution in [3.05, 3.63) is 65.3 Å². The second kappa shape index (κ2) is 10.1. The summed E-state index contributed by atoms with van der Waals surface area (Å²) >= 11 is 1.68. The smallest absolute Gasteiger partial charge is 0.174 e. The number of carbonyl (C=O) groups excluding carboxylic acids is 1. The van der Waals surface area contributed by atoms with Gasteiger partial charge in [0.1, 0.15) is 5.78 Å². The number of fused-ring (bicyclic) bond motifs is 1.